The van der Waals surface area contributed by atoms with Gasteiger partial charge in [0.25, 0.3) is 5.91 Å². The lowest BCUT2D eigenvalue weighted by atomic mass is 10.2. The number of hydrogen-bond donors (Lipinski definition) is 2. The molecule has 4 rings (SSSR count). The highest BCUT2D eigenvalue weighted by molar-refractivity contribution is 7.71. The second kappa shape index (κ2) is 7.05. The maximum atomic E-state index is 12.5. The van der Waals surface area contributed by atoms with Crippen molar-refractivity contribution in [3.05, 3.63) is 65.2 Å². The zero-order chi connectivity index (χ0) is 17.9. The molecule has 0 unspecified atom stereocenters. The standard InChI is InChI=1S/C19H17N3O3S/c23-18(13-2-5-15(6-3-13)22-9-8-20-19(22)26)21-14-4-7-16-17(12-14)25-11-1-10-24-16/h2-9,12H,1,10-11H2,(H,20,26)(H,21,23). The second-order valence-electron chi connectivity index (χ2n) is 5.85. The summed E-state index contributed by atoms with van der Waals surface area (Å²) in [6.45, 7) is 1.24. The van der Waals surface area contributed by atoms with Crippen molar-refractivity contribution in [1.82, 2.24) is 9.55 Å². The summed E-state index contributed by atoms with van der Waals surface area (Å²) in [6.07, 6.45) is 4.45. The lowest BCUT2D eigenvalue weighted by Crippen LogP contribution is -2.12. The predicted octanol–water partition coefficient (Wildman–Crippen LogP) is 3.95. The number of aromatic nitrogens is 2. The molecule has 0 saturated carbocycles. The molecule has 0 atom stereocenters. The number of rotatable bonds is 3. The van der Waals surface area contributed by atoms with Crippen LogP contribution in [0, 0.1) is 4.77 Å². The normalized spacial score (nSPS) is 13.1. The van der Waals surface area contributed by atoms with Gasteiger partial charge in [-0.3, -0.25) is 9.36 Å². The SMILES string of the molecule is O=C(Nc1ccc2c(c1)OCCCO2)c1ccc(-n2cc[nH]c2=S)cc1. The number of benzene rings is 2. The van der Waals surface area contributed by atoms with Crippen molar-refractivity contribution in [2.45, 2.75) is 6.42 Å². The zero-order valence-electron chi connectivity index (χ0n) is 13.9. The fourth-order valence-electron chi connectivity index (χ4n) is 2.74. The molecule has 7 heteroatoms. The molecule has 1 aliphatic heterocycles. The Hall–Kier alpha value is -3.06. The Bertz CT molecular complexity index is 992. The highest BCUT2D eigenvalue weighted by Crippen LogP contribution is 2.32. The Morgan fingerprint density at radius 3 is 2.58 bits per heavy atom. The van der Waals surface area contributed by atoms with Gasteiger partial charge < -0.3 is 19.8 Å². The molecule has 2 N–H and O–H groups in total. The third-order valence-electron chi connectivity index (χ3n) is 4.06. The summed E-state index contributed by atoms with van der Waals surface area (Å²) in [7, 11) is 0. The van der Waals surface area contributed by atoms with E-state index in [1.165, 1.54) is 0 Å². The molecule has 2 heterocycles. The fraction of sp³-hybridized carbons (Fsp3) is 0.158. The minimum Gasteiger partial charge on any atom is -0.490 e. The minimum absolute atomic E-state index is 0.191. The molecule has 0 bridgehead atoms. The number of nitrogens with one attached hydrogen (secondary N) is 2. The number of hydrogen-bond acceptors (Lipinski definition) is 4. The number of aromatic amines is 1. The molecule has 0 spiro atoms. The van der Waals surface area contributed by atoms with Crippen LogP contribution in [0.15, 0.2) is 54.9 Å². The van der Waals surface area contributed by atoms with Crippen molar-refractivity contribution in [2.75, 3.05) is 18.5 Å². The highest BCUT2D eigenvalue weighted by Gasteiger charge is 2.13. The van der Waals surface area contributed by atoms with Gasteiger partial charge in [0.1, 0.15) is 0 Å². The van der Waals surface area contributed by atoms with Gasteiger partial charge in [-0.25, -0.2) is 0 Å². The lowest BCUT2D eigenvalue weighted by molar-refractivity contribution is 0.102. The van der Waals surface area contributed by atoms with Crippen LogP contribution in [0.4, 0.5) is 5.69 Å². The highest BCUT2D eigenvalue weighted by atomic mass is 32.1. The molecule has 3 aromatic rings. The smallest absolute Gasteiger partial charge is 0.255 e. The summed E-state index contributed by atoms with van der Waals surface area (Å²) in [5, 5.41) is 2.89. The van der Waals surface area contributed by atoms with Gasteiger partial charge >= 0.3 is 0 Å². The zero-order valence-corrected chi connectivity index (χ0v) is 14.7. The summed E-state index contributed by atoms with van der Waals surface area (Å²) >= 11 is 5.20. The van der Waals surface area contributed by atoms with Crippen LogP contribution in [0.3, 0.4) is 0 Å². The van der Waals surface area contributed by atoms with Gasteiger partial charge in [-0.05, 0) is 48.6 Å². The molecule has 2 aromatic carbocycles. The van der Waals surface area contributed by atoms with Crippen LogP contribution < -0.4 is 14.8 Å². The van der Waals surface area contributed by atoms with Gasteiger partial charge in [0.05, 0.1) is 13.2 Å². The van der Waals surface area contributed by atoms with E-state index in [2.05, 4.69) is 10.3 Å². The van der Waals surface area contributed by atoms with E-state index in [9.17, 15) is 4.79 Å². The van der Waals surface area contributed by atoms with Gasteiger partial charge in [0.15, 0.2) is 16.3 Å². The first-order valence-electron chi connectivity index (χ1n) is 8.28. The Labute approximate surface area is 155 Å². The van der Waals surface area contributed by atoms with E-state index in [0.29, 0.717) is 40.7 Å². The molecule has 0 saturated heterocycles. The van der Waals surface area contributed by atoms with E-state index in [0.717, 1.165) is 12.1 Å². The summed E-state index contributed by atoms with van der Waals surface area (Å²) in [4.78, 5) is 15.4. The summed E-state index contributed by atoms with van der Waals surface area (Å²) < 4.78 is 13.7. The average molecular weight is 367 g/mol. The van der Waals surface area contributed by atoms with E-state index in [-0.39, 0.29) is 5.91 Å². The molecule has 1 amide bonds. The van der Waals surface area contributed by atoms with Crippen molar-refractivity contribution in [2.24, 2.45) is 0 Å². The molecule has 0 radical (unpaired) electrons. The van der Waals surface area contributed by atoms with Gasteiger partial charge in [0.2, 0.25) is 0 Å². The molecule has 26 heavy (non-hydrogen) atoms. The number of carbonyl (C=O) groups is 1. The van der Waals surface area contributed by atoms with Crippen LogP contribution in [-0.4, -0.2) is 28.7 Å². The van der Waals surface area contributed by atoms with Gasteiger partial charge in [-0.1, -0.05) is 0 Å². The predicted molar refractivity (Wildman–Crippen MR) is 101 cm³/mol. The third kappa shape index (κ3) is 3.34. The van der Waals surface area contributed by atoms with E-state index < -0.39 is 0 Å². The lowest BCUT2D eigenvalue weighted by Gasteiger charge is -2.11. The first-order chi connectivity index (χ1) is 12.7. The fourth-order valence-corrected chi connectivity index (χ4v) is 2.98. The Kier molecular flexibility index (Phi) is 4.45. The molecule has 6 nitrogen and oxygen atoms in total. The largest absolute Gasteiger partial charge is 0.490 e. The monoisotopic (exact) mass is 367 g/mol. The van der Waals surface area contributed by atoms with Crippen LogP contribution >= 0.6 is 12.2 Å². The topological polar surface area (TPSA) is 68.3 Å². The van der Waals surface area contributed by atoms with Crippen molar-refractivity contribution in [3.8, 4) is 17.2 Å². The van der Waals surface area contributed by atoms with Crippen molar-refractivity contribution in [3.63, 3.8) is 0 Å². The second-order valence-corrected chi connectivity index (χ2v) is 6.23. The first-order valence-corrected chi connectivity index (χ1v) is 8.69. The third-order valence-corrected chi connectivity index (χ3v) is 4.38. The van der Waals surface area contributed by atoms with Crippen LogP contribution in [0.5, 0.6) is 11.5 Å². The van der Waals surface area contributed by atoms with Crippen LogP contribution in [0.25, 0.3) is 5.69 Å². The first kappa shape index (κ1) is 16.4. The summed E-state index contributed by atoms with van der Waals surface area (Å²) in [5.74, 6) is 1.16. The Morgan fingerprint density at radius 2 is 1.85 bits per heavy atom. The number of imidazole rings is 1. The van der Waals surface area contributed by atoms with Crippen molar-refractivity contribution in [1.29, 1.82) is 0 Å². The molecule has 0 aliphatic carbocycles. The van der Waals surface area contributed by atoms with E-state index >= 15 is 0 Å². The van der Waals surface area contributed by atoms with E-state index in [1.54, 1.807) is 30.5 Å². The number of anilines is 1. The summed E-state index contributed by atoms with van der Waals surface area (Å²) in [5.41, 5.74) is 2.11. The number of fused-ring (bicyclic) bond motifs is 1. The molecular formula is C19H17N3O3S. The van der Waals surface area contributed by atoms with Gasteiger partial charge in [0, 0.05) is 41.8 Å². The maximum absolute atomic E-state index is 12.5. The number of amides is 1. The van der Waals surface area contributed by atoms with Crippen molar-refractivity contribution >= 4 is 23.8 Å². The molecule has 1 aromatic heterocycles. The maximum Gasteiger partial charge on any atom is 0.255 e. The van der Waals surface area contributed by atoms with E-state index in [4.69, 9.17) is 21.7 Å². The number of nitrogens with zero attached hydrogens (tertiary/aromatic N) is 1. The number of ether oxygens (including phenoxy) is 2. The Morgan fingerprint density at radius 1 is 1.08 bits per heavy atom. The summed E-state index contributed by atoms with van der Waals surface area (Å²) in [6, 6.07) is 12.6. The van der Waals surface area contributed by atoms with Gasteiger partial charge in [-0.2, -0.15) is 0 Å². The number of carbonyl (C=O) groups excluding carboxylic acids is 1. The van der Waals surface area contributed by atoms with Gasteiger partial charge in [-0.15, -0.1) is 0 Å². The molecule has 1 aliphatic rings. The van der Waals surface area contributed by atoms with Crippen LogP contribution in [0.1, 0.15) is 16.8 Å². The van der Waals surface area contributed by atoms with Crippen molar-refractivity contribution < 1.29 is 14.3 Å². The molecule has 132 valence electrons. The van der Waals surface area contributed by atoms with E-state index in [1.807, 2.05) is 29.0 Å². The Balaban J connectivity index is 1.51. The molecule has 0 fully saturated rings. The van der Waals surface area contributed by atoms with Crippen LogP contribution in [-0.2, 0) is 0 Å². The quantitative estimate of drug-likeness (QED) is 0.688. The minimum atomic E-state index is -0.191. The number of H-pyrrole nitrogens is 1. The van der Waals surface area contributed by atoms with Crippen LogP contribution in [0.2, 0.25) is 0 Å². The molecular weight excluding hydrogens is 350 g/mol. The average Bonchev–Trinajstić information content (AvgIpc) is 2.95.